The van der Waals surface area contributed by atoms with E-state index in [-0.39, 0.29) is 6.71 Å². The fourth-order valence-corrected chi connectivity index (χ4v) is 11.2. The Balaban J connectivity index is 1.33. The van der Waals surface area contributed by atoms with Gasteiger partial charge in [0.05, 0.1) is 11.4 Å². The monoisotopic (exact) mass is 776 g/mol. The van der Waals surface area contributed by atoms with Gasteiger partial charge in [-0.3, -0.25) is 0 Å². The van der Waals surface area contributed by atoms with Crippen LogP contribution in [0.2, 0.25) is 0 Å². The number of benzene rings is 6. The molecule has 4 heteroatoms. The van der Waals surface area contributed by atoms with Crippen molar-refractivity contribution in [1.82, 2.24) is 0 Å². The molecule has 0 aliphatic carbocycles. The molecule has 0 bridgehead atoms. The van der Waals surface area contributed by atoms with Crippen LogP contribution >= 0.6 is 11.3 Å². The molecule has 7 aromatic rings. The van der Waals surface area contributed by atoms with Gasteiger partial charge in [0.2, 0.25) is 0 Å². The number of aryl methyl sites for hydroxylation is 4. The van der Waals surface area contributed by atoms with Crippen molar-refractivity contribution in [1.29, 1.82) is 0 Å². The molecule has 0 amide bonds. The Morgan fingerprint density at radius 1 is 0.603 bits per heavy atom. The average Bonchev–Trinajstić information content (AvgIpc) is 3.62. The fraction of sp³-hybridized carbons (Fsp3) is 0.296. The lowest BCUT2D eigenvalue weighted by Crippen LogP contribution is -2.60. The molecule has 292 valence electrons. The Morgan fingerprint density at radius 3 is 2.00 bits per heavy atom. The van der Waals surface area contributed by atoms with Crippen molar-refractivity contribution >= 4 is 78.0 Å². The average molecular weight is 777 g/mol. The summed E-state index contributed by atoms with van der Waals surface area (Å²) in [6.45, 7) is 13.9. The van der Waals surface area contributed by atoms with Crippen molar-refractivity contribution < 1.29 is 0 Å². The predicted molar refractivity (Wildman–Crippen MR) is 256 cm³/mol. The van der Waals surface area contributed by atoms with E-state index >= 15 is 0 Å². The molecule has 1 unspecified atom stereocenters. The second kappa shape index (κ2) is 16.3. The molecular weight excluding hydrogens is 719 g/mol. The third-order valence-electron chi connectivity index (χ3n) is 12.8. The van der Waals surface area contributed by atoms with E-state index in [1.165, 1.54) is 144 Å². The van der Waals surface area contributed by atoms with E-state index in [9.17, 15) is 0 Å². The molecule has 0 saturated carbocycles. The molecule has 2 nitrogen and oxygen atoms in total. The fourth-order valence-electron chi connectivity index (χ4n) is 9.87. The molecule has 1 atom stereocenters. The van der Waals surface area contributed by atoms with Crippen LogP contribution in [0.1, 0.15) is 106 Å². The Kier molecular flexibility index (Phi) is 10.8. The lowest BCUT2D eigenvalue weighted by molar-refractivity contribution is 0.596. The number of thiophene rings is 1. The molecule has 0 fully saturated rings. The number of hydrogen-bond acceptors (Lipinski definition) is 3. The zero-order chi connectivity index (χ0) is 39.9. The van der Waals surface area contributed by atoms with E-state index in [4.69, 9.17) is 0 Å². The van der Waals surface area contributed by atoms with Crippen LogP contribution < -0.4 is 25.5 Å². The van der Waals surface area contributed by atoms with Crippen LogP contribution in [-0.4, -0.2) is 6.71 Å². The lowest BCUT2D eigenvalue weighted by atomic mass is 9.36. The van der Waals surface area contributed by atoms with Gasteiger partial charge in [-0.1, -0.05) is 119 Å². The SMILES string of the molecule is CCCCc1ccc(N2c3ccc(C)cc3B3c4sc5ccc(CCCC)cc5c4N(c4ccc(C(CC)CCC)cc4)c4cc(C)cc2c43)c(-c2ccccc2)c1. The lowest BCUT2D eigenvalue weighted by Gasteiger charge is -2.44. The highest BCUT2D eigenvalue weighted by atomic mass is 32.1. The van der Waals surface area contributed by atoms with Crippen LogP contribution in [0.4, 0.5) is 34.1 Å². The summed E-state index contributed by atoms with van der Waals surface area (Å²) in [7, 11) is 0. The Hall–Kier alpha value is -5.06. The first kappa shape index (κ1) is 38.5. The number of nitrogens with zero attached hydrogens (tertiary/aromatic N) is 2. The van der Waals surface area contributed by atoms with Crippen molar-refractivity contribution in [3.8, 4) is 11.1 Å². The van der Waals surface area contributed by atoms with Crippen LogP contribution in [0, 0.1) is 13.8 Å². The highest BCUT2D eigenvalue weighted by Crippen LogP contribution is 2.50. The summed E-state index contributed by atoms with van der Waals surface area (Å²) in [4.78, 5) is 5.26. The minimum Gasteiger partial charge on any atom is -0.311 e. The van der Waals surface area contributed by atoms with Gasteiger partial charge in [-0.15, -0.1) is 11.3 Å². The number of unbranched alkanes of at least 4 members (excludes halogenated alkanes) is 2. The molecule has 0 saturated heterocycles. The van der Waals surface area contributed by atoms with Crippen LogP contribution in [-0.2, 0) is 12.8 Å². The van der Waals surface area contributed by atoms with E-state index in [1.54, 1.807) is 0 Å². The van der Waals surface area contributed by atoms with Crippen molar-refractivity contribution in [2.75, 3.05) is 9.80 Å². The van der Waals surface area contributed by atoms with Gasteiger partial charge < -0.3 is 9.80 Å². The molecular formula is C54H57BN2S. The summed E-state index contributed by atoms with van der Waals surface area (Å²) in [5.41, 5.74) is 19.9. The van der Waals surface area contributed by atoms with Gasteiger partial charge in [0.15, 0.2) is 0 Å². The van der Waals surface area contributed by atoms with Crippen molar-refractivity contribution in [2.24, 2.45) is 0 Å². The smallest absolute Gasteiger partial charge is 0.264 e. The molecule has 0 radical (unpaired) electrons. The predicted octanol–water partition coefficient (Wildman–Crippen LogP) is 14.2. The number of anilines is 6. The topological polar surface area (TPSA) is 6.48 Å². The highest BCUT2D eigenvalue weighted by Gasteiger charge is 2.45. The van der Waals surface area contributed by atoms with Crippen molar-refractivity contribution in [3.63, 3.8) is 0 Å². The maximum absolute atomic E-state index is 2.65. The van der Waals surface area contributed by atoms with Crippen molar-refractivity contribution in [3.05, 3.63) is 149 Å². The molecule has 58 heavy (non-hydrogen) atoms. The van der Waals surface area contributed by atoms with Gasteiger partial charge in [-0.05, 0) is 152 Å². The maximum atomic E-state index is 2.65. The molecule has 0 spiro atoms. The van der Waals surface area contributed by atoms with Crippen LogP contribution in [0.3, 0.4) is 0 Å². The quantitative estimate of drug-likeness (QED) is 0.108. The summed E-state index contributed by atoms with van der Waals surface area (Å²) in [6.07, 6.45) is 10.6. The molecule has 2 aliphatic rings. The van der Waals surface area contributed by atoms with Gasteiger partial charge in [0.25, 0.3) is 6.71 Å². The first-order valence-electron chi connectivity index (χ1n) is 22.1. The zero-order valence-corrected chi connectivity index (χ0v) is 36.2. The zero-order valence-electron chi connectivity index (χ0n) is 35.4. The largest absolute Gasteiger partial charge is 0.311 e. The van der Waals surface area contributed by atoms with Gasteiger partial charge in [0, 0.05) is 43.2 Å². The number of fused-ring (bicyclic) bond motifs is 6. The van der Waals surface area contributed by atoms with Gasteiger partial charge in [-0.2, -0.15) is 0 Å². The third kappa shape index (κ3) is 6.78. The first-order chi connectivity index (χ1) is 28.4. The van der Waals surface area contributed by atoms with E-state index in [0.29, 0.717) is 5.92 Å². The van der Waals surface area contributed by atoms with E-state index < -0.39 is 0 Å². The highest BCUT2D eigenvalue weighted by molar-refractivity contribution is 7.33. The van der Waals surface area contributed by atoms with E-state index in [0.717, 1.165) is 12.8 Å². The second-order valence-electron chi connectivity index (χ2n) is 16.9. The summed E-state index contributed by atoms with van der Waals surface area (Å²) in [5, 5.41) is 1.38. The summed E-state index contributed by atoms with van der Waals surface area (Å²) in [5.74, 6) is 0.593. The first-order valence-corrected chi connectivity index (χ1v) is 22.9. The normalized spacial score (nSPS) is 13.4. The summed E-state index contributed by atoms with van der Waals surface area (Å²) >= 11 is 2.01. The van der Waals surface area contributed by atoms with Crippen LogP contribution in [0.15, 0.2) is 121 Å². The Labute approximate surface area is 351 Å². The molecule has 6 aromatic carbocycles. The minimum atomic E-state index is 0.122. The molecule has 1 aromatic heterocycles. The maximum Gasteiger partial charge on any atom is 0.264 e. The number of hydrogen-bond donors (Lipinski definition) is 0. The third-order valence-corrected chi connectivity index (χ3v) is 14.0. The standard InChI is InChI=1S/C54H57BN2S/c1-7-11-17-38-22-29-47(44(34-38)42-19-14-13-15-20-42)57-48-28-21-36(5)31-46(48)55-52-49(32-37(6)33-50(52)57)56(43-26-24-41(25-27-43)40(10-4)16-9-3)53-45-35-39(18-12-8-2)23-30-51(45)58-54(53)55/h13-15,19-35,40H,7-12,16-18H2,1-6H3. The van der Waals surface area contributed by atoms with Gasteiger partial charge >= 0.3 is 0 Å². The van der Waals surface area contributed by atoms with Crippen molar-refractivity contribution in [2.45, 2.75) is 105 Å². The van der Waals surface area contributed by atoms with Gasteiger partial charge in [0.1, 0.15) is 0 Å². The van der Waals surface area contributed by atoms with Gasteiger partial charge in [-0.25, -0.2) is 0 Å². The number of rotatable bonds is 13. The summed E-state index contributed by atoms with van der Waals surface area (Å²) in [6, 6.07) is 47.5. The molecule has 0 N–H and O–H groups in total. The minimum absolute atomic E-state index is 0.122. The van der Waals surface area contributed by atoms with E-state index in [2.05, 4.69) is 173 Å². The van der Waals surface area contributed by atoms with E-state index in [1.807, 2.05) is 11.3 Å². The molecule has 9 rings (SSSR count). The molecule has 2 aliphatic heterocycles. The Morgan fingerprint density at radius 2 is 1.29 bits per heavy atom. The Bertz CT molecular complexity index is 2590. The summed E-state index contributed by atoms with van der Waals surface area (Å²) < 4.78 is 2.82. The molecule has 3 heterocycles. The second-order valence-corrected chi connectivity index (χ2v) is 18.0. The van der Waals surface area contributed by atoms with Crippen LogP contribution in [0.25, 0.3) is 21.2 Å². The van der Waals surface area contributed by atoms with Crippen LogP contribution in [0.5, 0.6) is 0 Å².